The molecule has 1 heterocycles. The molecule has 1 aromatic carbocycles. The Morgan fingerprint density at radius 2 is 2.12 bits per heavy atom. The van der Waals surface area contributed by atoms with E-state index in [1.54, 1.807) is 0 Å². The number of hydrogen-bond acceptors (Lipinski definition) is 2. The van der Waals surface area contributed by atoms with Crippen molar-refractivity contribution in [1.82, 2.24) is 0 Å². The van der Waals surface area contributed by atoms with E-state index in [4.69, 9.17) is 0 Å². The van der Waals surface area contributed by atoms with Crippen LogP contribution < -0.4 is 5.01 Å². The third-order valence-electron chi connectivity index (χ3n) is 2.73. The molecule has 2 nitrogen and oxygen atoms in total. The second kappa shape index (κ2) is 5.48. The van der Waals surface area contributed by atoms with Crippen LogP contribution in [0.2, 0.25) is 0 Å². The quantitative estimate of drug-likeness (QED) is 0.712. The monoisotopic (exact) mass is 226 g/mol. The number of anilines is 1. The van der Waals surface area contributed by atoms with Gasteiger partial charge < -0.3 is 0 Å². The van der Waals surface area contributed by atoms with E-state index in [0.717, 1.165) is 30.8 Å². The first-order valence-corrected chi connectivity index (χ1v) is 6.08. The van der Waals surface area contributed by atoms with Crippen molar-refractivity contribution >= 4 is 17.5 Å². The first-order valence-electron chi connectivity index (χ1n) is 6.08. The van der Waals surface area contributed by atoms with Crippen molar-refractivity contribution in [1.29, 1.82) is 0 Å². The highest BCUT2D eigenvalue weighted by Gasteiger charge is 2.11. The molecule has 0 radical (unpaired) electrons. The number of benzene rings is 1. The SMILES string of the molecule is C=CCN1N=C(CCC)C=Cc2ccccc21. The molecule has 17 heavy (non-hydrogen) atoms. The molecule has 88 valence electrons. The smallest absolute Gasteiger partial charge is 0.0670 e. The van der Waals surface area contributed by atoms with Gasteiger partial charge in [-0.05, 0) is 24.1 Å². The summed E-state index contributed by atoms with van der Waals surface area (Å²) in [5, 5.41) is 6.71. The van der Waals surface area contributed by atoms with Crippen molar-refractivity contribution in [3.63, 3.8) is 0 Å². The molecule has 0 aliphatic carbocycles. The lowest BCUT2D eigenvalue weighted by Gasteiger charge is -2.19. The summed E-state index contributed by atoms with van der Waals surface area (Å²) in [6, 6.07) is 8.32. The van der Waals surface area contributed by atoms with Gasteiger partial charge >= 0.3 is 0 Å². The van der Waals surface area contributed by atoms with Gasteiger partial charge in [-0.15, -0.1) is 6.58 Å². The summed E-state index contributed by atoms with van der Waals surface area (Å²) < 4.78 is 0. The molecule has 0 spiro atoms. The predicted octanol–water partition coefficient (Wildman–Crippen LogP) is 3.86. The molecule has 0 unspecified atom stereocenters. The van der Waals surface area contributed by atoms with E-state index in [0.29, 0.717) is 0 Å². The highest BCUT2D eigenvalue weighted by atomic mass is 15.5. The lowest BCUT2D eigenvalue weighted by molar-refractivity contribution is 0.917. The highest BCUT2D eigenvalue weighted by Crippen LogP contribution is 2.24. The lowest BCUT2D eigenvalue weighted by Crippen LogP contribution is -2.18. The van der Waals surface area contributed by atoms with Gasteiger partial charge in [-0.3, -0.25) is 5.01 Å². The van der Waals surface area contributed by atoms with E-state index >= 15 is 0 Å². The summed E-state index contributed by atoms with van der Waals surface area (Å²) in [5.41, 5.74) is 3.49. The first kappa shape index (κ1) is 11.6. The van der Waals surface area contributed by atoms with Crippen LogP contribution in [0.5, 0.6) is 0 Å². The van der Waals surface area contributed by atoms with Crippen LogP contribution in [-0.4, -0.2) is 12.3 Å². The second-order valence-electron chi connectivity index (χ2n) is 4.10. The van der Waals surface area contributed by atoms with Gasteiger partial charge in [0.05, 0.1) is 17.9 Å². The molecular weight excluding hydrogens is 208 g/mol. The molecule has 0 N–H and O–H groups in total. The van der Waals surface area contributed by atoms with Crippen molar-refractivity contribution in [2.75, 3.05) is 11.6 Å². The van der Waals surface area contributed by atoms with Crippen LogP contribution in [0.15, 0.2) is 48.1 Å². The molecule has 0 fully saturated rings. The van der Waals surface area contributed by atoms with Gasteiger partial charge in [0.2, 0.25) is 0 Å². The third-order valence-corrected chi connectivity index (χ3v) is 2.73. The Balaban J connectivity index is 2.39. The maximum absolute atomic E-state index is 4.69. The van der Waals surface area contributed by atoms with Crippen molar-refractivity contribution in [2.45, 2.75) is 19.8 Å². The Kier molecular flexibility index (Phi) is 3.76. The van der Waals surface area contributed by atoms with Crippen LogP contribution in [0.1, 0.15) is 25.3 Å². The summed E-state index contributed by atoms with van der Waals surface area (Å²) in [4.78, 5) is 0. The third kappa shape index (κ3) is 2.64. The van der Waals surface area contributed by atoms with E-state index in [1.807, 2.05) is 17.2 Å². The van der Waals surface area contributed by atoms with E-state index in [-0.39, 0.29) is 0 Å². The molecule has 0 saturated carbocycles. The minimum absolute atomic E-state index is 0.742. The van der Waals surface area contributed by atoms with E-state index in [9.17, 15) is 0 Å². The highest BCUT2D eigenvalue weighted by molar-refractivity contribution is 6.00. The molecule has 0 atom stereocenters. The average molecular weight is 226 g/mol. The van der Waals surface area contributed by atoms with Gasteiger partial charge in [-0.1, -0.05) is 43.7 Å². The van der Waals surface area contributed by atoms with Crippen molar-refractivity contribution in [3.8, 4) is 0 Å². The zero-order valence-electron chi connectivity index (χ0n) is 10.3. The van der Waals surface area contributed by atoms with Gasteiger partial charge in [-0.25, -0.2) is 0 Å². The van der Waals surface area contributed by atoms with Crippen LogP contribution in [0.25, 0.3) is 6.08 Å². The van der Waals surface area contributed by atoms with Gasteiger partial charge in [0.1, 0.15) is 0 Å². The first-order chi connectivity index (χ1) is 8.35. The number of hydrogen-bond donors (Lipinski definition) is 0. The van der Waals surface area contributed by atoms with Crippen LogP contribution in [0.3, 0.4) is 0 Å². The van der Waals surface area contributed by atoms with Crippen molar-refractivity contribution < 1.29 is 0 Å². The second-order valence-corrected chi connectivity index (χ2v) is 4.10. The number of hydrazone groups is 1. The summed E-state index contributed by atoms with van der Waals surface area (Å²) in [5.74, 6) is 0. The van der Waals surface area contributed by atoms with E-state index in [2.05, 4.69) is 49.0 Å². The number of rotatable bonds is 4. The van der Waals surface area contributed by atoms with Crippen LogP contribution in [-0.2, 0) is 0 Å². The summed E-state index contributed by atoms with van der Waals surface area (Å²) in [7, 11) is 0. The molecule has 0 bridgehead atoms. The molecule has 2 heteroatoms. The fourth-order valence-electron chi connectivity index (χ4n) is 1.94. The molecule has 0 saturated heterocycles. The van der Waals surface area contributed by atoms with Crippen LogP contribution >= 0.6 is 0 Å². The average Bonchev–Trinajstić information content (AvgIpc) is 2.52. The Bertz CT molecular complexity index is 458. The van der Waals surface area contributed by atoms with Gasteiger partial charge in [0.25, 0.3) is 0 Å². The summed E-state index contributed by atoms with van der Waals surface area (Å²) in [6.07, 6.45) is 8.27. The van der Waals surface area contributed by atoms with E-state index < -0.39 is 0 Å². The normalized spacial score (nSPS) is 13.9. The molecule has 1 aromatic rings. The number of fused-ring (bicyclic) bond motifs is 1. The lowest BCUT2D eigenvalue weighted by atomic mass is 10.1. The maximum atomic E-state index is 4.69. The zero-order chi connectivity index (χ0) is 12.1. The van der Waals surface area contributed by atoms with Crippen LogP contribution in [0, 0.1) is 0 Å². The van der Waals surface area contributed by atoms with Crippen molar-refractivity contribution in [3.05, 3.63) is 48.6 Å². The standard InChI is InChI=1S/C15H18N2/c1-3-7-14-11-10-13-8-5-6-9-15(13)17(16-14)12-4-2/h4-6,8-11H,2-3,7,12H2,1H3. The van der Waals surface area contributed by atoms with Crippen molar-refractivity contribution in [2.24, 2.45) is 5.10 Å². The number of allylic oxidation sites excluding steroid dienone is 1. The molecular formula is C15H18N2. The Hall–Kier alpha value is -1.83. The predicted molar refractivity (Wildman–Crippen MR) is 75.4 cm³/mol. The summed E-state index contributed by atoms with van der Waals surface area (Å²) >= 11 is 0. The van der Waals surface area contributed by atoms with Gasteiger partial charge in [0.15, 0.2) is 0 Å². The Morgan fingerprint density at radius 1 is 1.29 bits per heavy atom. The topological polar surface area (TPSA) is 15.6 Å². The summed E-state index contributed by atoms with van der Waals surface area (Å²) in [6.45, 7) is 6.71. The minimum atomic E-state index is 0.742. The minimum Gasteiger partial charge on any atom is -0.261 e. The molecule has 1 aliphatic rings. The van der Waals surface area contributed by atoms with Crippen LogP contribution in [0.4, 0.5) is 5.69 Å². The Labute approximate surface area is 103 Å². The zero-order valence-corrected chi connectivity index (χ0v) is 10.3. The maximum Gasteiger partial charge on any atom is 0.0670 e. The Morgan fingerprint density at radius 3 is 2.88 bits per heavy atom. The molecule has 0 aromatic heterocycles. The van der Waals surface area contributed by atoms with Gasteiger partial charge in [-0.2, -0.15) is 5.10 Å². The largest absolute Gasteiger partial charge is 0.261 e. The molecule has 2 rings (SSSR count). The number of para-hydroxylation sites is 1. The fraction of sp³-hybridized carbons (Fsp3) is 0.267. The van der Waals surface area contributed by atoms with Gasteiger partial charge in [0, 0.05) is 0 Å². The molecule has 0 amide bonds. The van der Waals surface area contributed by atoms with E-state index in [1.165, 1.54) is 5.56 Å². The fourth-order valence-corrected chi connectivity index (χ4v) is 1.94. The molecule has 1 aliphatic heterocycles. The number of nitrogens with zero attached hydrogens (tertiary/aromatic N) is 2.